The summed E-state index contributed by atoms with van der Waals surface area (Å²) in [4.78, 5) is 9.90. The maximum Gasteiger partial charge on any atom is 0.289 e. The number of nitro groups is 1. The summed E-state index contributed by atoms with van der Waals surface area (Å²) in [6, 6.07) is 2.90. The molecule has 0 amide bonds. The summed E-state index contributed by atoms with van der Waals surface area (Å²) in [5.41, 5.74) is -0.451. The van der Waals surface area contributed by atoms with Gasteiger partial charge in [0.2, 0.25) is 10.0 Å². The highest BCUT2D eigenvalue weighted by atomic mass is 35.5. The van der Waals surface area contributed by atoms with Crippen molar-refractivity contribution in [1.82, 2.24) is 4.31 Å². The van der Waals surface area contributed by atoms with Crippen LogP contribution in [-0.2, 0) is 10.0 Å². The first-order valence-corrected chi connectivity index (χ1v) is 7.76. The fraction of sp³-hybridized carbons (Fsp3) is 0.455. The molecular weight excluding hydrogens is 308 g/mol. The molecule has 1 N–H and O–H groups in total. The Hall–Kier alpha value is -1.22. The monoisotopic (exact) mass is 320 g/mol. The number of hydrogen-bond donors (Lipinski definition) is 1. The van der Waals surface area contributed by atoms with Gasteiger partial charge in [-0.05, 0) is 25.0 Å². The highest BCUT2D eigenvalue weighted by Gasteiger charge is 2.35. The van der Waals surface area contributed by atoms with Gasteiger partial charge in [-0.2, -0.15) is 4.31 Å². The lowest BCUT2D eigenvalue weighted by Gasteiger charge is -2.22. The summed E-state index contributed by atoms with van der Waals surface area (Å²) in [6.45, 7) is 0.0267. The van der Waals surface area contributed by atoms with Crippen molar-refractivity contribution < 1.29 is 18.4 Å². The Morgan fingerprint density at radius 2 is 2.20 bits per heavy atom. The zero-order valence-electron chi connectivity index (χ0n) is 10.4. The molecule has 7 nitrogen and oxygen atoms in total. The van der Waals surface area contributed by atoms with Gasteiger partial charge in [0, 0.05) is 18.7 Å². The molecule has 1 fully saturated rings. The van der Waals surface area contributed by atoms with Crippen LogP contribution in [0, 0.1) is 10.1 Å². The number of halogens is 1. The number of nitro benzene ring substituents is 1. The van der Waals surface area contributed by atoms with E-state index in [1.54, 1.807) is 0 Å². The molecule has 1 aromatic carbocycles. The number of hydrogen-bond acceptors (Lipinski definition) is 5. The topological polar surface area (TPSA) is 101 Å². The van der Waals surface area contributed by atoms with Gasteiger partial charge in [0.05, 0.1) is 16.4 Å². The maximum atomic E-state index is 12.4. The number of rotatable bonds is 4. The highest BCUT2D eigenvalue weighted by Crippen LogP contribution is 2.31. The minimum Gasteiger partial charge on any atom is -0.395 e. The van der Waals surface area contributed by atoms with Crippen LogP contribution in [0.2, 0.25) is 5.02 Å². The smallest absolute Gasteiger partial charge is 0.289 e. The molecule has 1 heterocycles. The fourth-order valence-corrected chi connectivity index (χ4v) is 4.13. The highest BCUT2D eigenvalue weighted by molar-refractivity contribution is 7.89. The van der Waals surface area contributed by atoms with E-state index in [4.69, 9.17) is 11.6 Å². The zero-order valence-corrected chi connectivity index (χ0v) is 12.0. The van der Waals surface area contributed by atoms with Crippen molar-refractivity contribution in [3.63, 3.8) is 0 Å². The molecule has 0 radical (unpaired) electrons. The molecule has 110 valence electrons. The number of nitrogens with zero attached hydrogens (tertiary/aromatic N) is 2. The molecule has 1 aliphatic heterocycles. The quantitative estimate of drug-likeness (QED) is 0.667. The third-order valence-corrected chi connectivity index (χ3v) is 5.52. The molecule has 2 rings (SSSR count). The molecular formula is C11H13ClN2O5S. The third-order valence-electron chi connectivity index (χ3n) is 3.25. The Balaban J connectivity index is 2.44. The van der Waals surface area contributed by atoms with Crippen LogP contribution in [0.1, 0.15) is 12.8 Å². The Morgan fingerprint density at radius 3 is 2.80 bits per heavy atom. The van der Waals surface area contributed by atoms with Gasteiger partial charge in [0.1, 0.15) is 5.02 Å². The fourth-order valence-electron chi connectivity index (χ4n) is 2.24. The van der Waals surface area contributed by atoms with Gasteiger partial charge < -0.3 is 5.11 Å². The van der Waals surface area contributed by atoms with Crippen LogP contribution in [0.5, 0.6) is 0 Å². The second-order valence-electron chi connectivity index (χ2n) is 4.46. The standard InChI is InChI=1S/C11H13ClN2O5S/c12-10-4-3-9(6-11(10)14(16)17)20(18,19)13-5-1-2-8(13)7-15/h3-4,6,8,15H,1-2,5,7H2. The predicted molar refractivity (Wildman–Crippen MR) is 72.1 cm³/mol. The second kappa shape index (κ2) is 5.65. The van der Waals surface area contributed by atoms with Crippen molar-refractivity contribution >= 4 is 27.3 Å². The van der Waals surface area contributed by atoms with E-state index in [2.05, 4.69) is 0 Å². The van der Waals surface area contributed by atoms with Crippen molar-refractivity contribution in [1.29, 1.82) is 0 Å². The van der Waals surface area contributed by atoms with Gasteiger partial charge in [-0.15, -0.1) is 0 Å². The summed E-state index contributed by atoms with van der Waals surface area (Å²) in [7, 11) is -3.86. The molecule has 1 saturated heterocycles. The predicted octanol–water partition coefficient (Wildman–Crippen LogP) is 1.39. The van der Waals surface area contributed by atoms with Gasteiger partial charge in [-0.25, -0.2) is 8.42 Å². The molecule has 20 heavy (non-hydrogen) atoms. The van der Waals surface area contributed by atoms with E-state index in [-0.39, 0.29) is 16.5 Å². The zero-order chi connectivity index (χ0) is 14.9. The van der Waals surface area contributed by atoms with E-state index in [1.165, 1.54) is 16.4 Å². The second-order valence-corrected chi connectivity index (χ2v) is 6.76. The van der Waals surface area contributed by atoms with Crippen LogP contribution in [0.25, 0.3) is 0 Å². The van der Waals surface area contributed by atoms with Crippen LogP contribution in [-0.4, -0.2) is 41.9 Å². The first kappa shape index (κ1) is 15.2. The number of aliphatic hydroxyl groups is 1. The molecule has 9 heteroatoms. The summed E-state index contributed by atoms with van der Waals surface area (Å²) in [5, 5.41) is 19.9. The average Bonchev–Trinajstić information content (AvgIpc) is 2.87. The van der Waals surface area contributed by atoms with Crippen LogP contribution >= 0.6 is 11.6 Å². The van der Waals surface area contributed by atoms with Crippen molar-refractivity contribution in [2.75, 3.05) is 13.2 Å². The van der Waals surface area contributed by atoms with Gasteiger partial charge in [-0.3, -0.25) is 10.1 Å². The van der Waals surface area contributed by atoms with Crippen LogP contribution in [0.3, 0.4) is 0 Å². The van der Waals surface area contributed by atoms with E-state index in [0.717, 1.165) is 6.07 Å². The lowest BCUT2D eigenvalue weighted by atomic mass is 10.2. The first-order valence-electron chi connectivity index (χ1n) is 5.94. The van der Waals surface area contributed by atoms with Gasteiger partial charge >= 0.3 is 0 Å². The van der Waals surface area contributed by atoms with Crippen LogP contribution < -0.4 is 0 Å². The minimum atomic E-state index is -3.86. The van der Waals surface area contributed by atoms with Crippen LogP contribution in [0.4, 0.5) is 5.69 Å². The van der Waals surface area contributed by atoms with E-state index in [0.29, 0.717) is 19.4 Å². The Labute approximate surface area is 121 Å². The number of sulfonamides is 1. The molecule has 0 aromatic heterocycles. The number of benzene rings is 1. The van der Waals surface area contributed by atoms with E-state index < -0.39 is 26.7 Å². The Kier molecular flexibility index (Phi) is 4.28. The lowest BCUT2D eigenvalue weighted by Crippen LogP contribution is -2.37. The maximum absolute atomic E-state index is 12.4. The van der Waals surface area contributed by atoms with Crippen molar-refractivity contribution in [3.8, 4) is 0 Å². The Bertz CT molecular complexity index is 634. The minimum absolute atomic E-state index is 0.117. The molecule has 1 aliphatic rings. The molecule has 1 atom stereocenters. The van der Waals surface area contributed by atoms with Gasteiger partial charge in [0.25, 0.3) is 5.69 Å². The molecule has 0 saturated carbocycles. The summed E-state index contributed by atoms with van der Waals surface area (Å²) < 4.78 is 26.1. The Morgan fingerprint density at radius 1 is 1.50 bits per heavy atom. The van der Waals surface area contributed by atoms with Gasteiger partial charge in [0.15, 0.2) is 0 Å². The van der Waals surface area contributed by atoms with E-state index in [9.17, 15) is 23.6 Å². The van der Waals surface area contributed by atoms with Crippen molar-refractivity contribution in [2.45, 2.75) is 23.8 Å². The molecule has 0 spiro atoms. The molecule has 0 aliphatic carbocycles. The normalized spacial score (nSPS) is 20.2. The third kappa shape index (κ3) is 2.64. The summed E-state index contributed by atoms with van der Waals surface area (Å²) >= 11 is 5.67. The van der Waals surface area contributed by atoms with E-state index in [1.807, 2.05) is 0 Å². The van der Waals surface area contributed by atoms with Crippen LogP contribution in [0.15, 0.2) is 23.1 Å². The summed E-state index contributed by atoms with van der Waals surface area (Å²) in [6.07, 6.45) is 1.23. The largest absolute Gasteiger partial charge is 0.395 e. The SMILES string of the molecule is O=[N+]([O-])c1cc(S(=O)(=O)N2CCCC2CO)ccc1Cl. The summed E-state index contributed by atoms with van der Waals surface area (Å²) in [5.74, 6) is 0. The first-order chi connectivity index (χ1) is 9.37. The molecule has 0 bridgehead atoms. The van der Waals surface area contributed by atoms with Gasteiger partial charge in [-0.1, -0.05) is 11.6 Å². The average molecular weight is 321 g/mol. The number of aliphatic hydroxyl groups excluding tert-OH is 1. The molecule has 1 aromatic rings. The van der Waals surface area contributed by atoms with E-state index >= 15 is 0 Å². The lowest BCUT2D eigenvalue weighted by molar-refractivity contribution is -0.384. The molecule has 1 unspecified atom stereocenters. The van der Waals surface area contributed by atoms with Crippen molar-refractivity contribution in [3.05, 3.63) is 33.3 Å². The van der Waals surface area contributed by atoms with Crippen molar-refractivity contribution in [2.24, 2.45) is 0 Å².